The minimum absolute atomic E-state index is 0.0758. The zero-order chi connectivity index (χ0) is 35.8. The number of carbonyl (C=O) groups excluding carboxylic acids is 3. The molecular weight excluding hydrogens is 636 g/mol. The molecule has 0 aliphatic carbocycles. The summed E-state index contributed by atoms with van der Waals surface area (Å²) in [6.07, 6.45) is -0.307. The molecule has 3 atom stereocenters. The molecule has 0 saturated heterocycles. The number of anilines is 4. The van der Waals surface area contributed by atoms with E-state index in [2.05, 4.69) is 20.9 Å². The first kappa shape index (κ1) is 35.7. The molecule has 4 amide bonds. The van der Waals surface area contributed by atoms with Crippen molar-refractivity contribution in [3.8, 4) is 11.5 Å². The largest absolute Gasteiger partial charge is 0.497 e. The second-order valence-electron chi connectivity index (χ2n) is 12.6. The molecule has 5 rings (SSSR count). The minimum Gasteiger partial charge on any atom is -0.497 e. The molecule has 0 bridgehead atoms. The lowest BCUT2D eigenvalue weighted by Crippen LogP contribution is -2.49. The minimum atomic E-state index is -0.474. The quantitative estimate of drug-likeness (QED) is 0.130. The number of nitrogens with one attached hydrogen (secondary N) is 3. The van der Waals surface area contributed by atoms with E-state index in [1.807, 2.05) is 38.2 Å². The predicted molar refractivity (Wildman–Crippen MR) is 195 cm³/mol. The van der Waals surface area contributed by atoms with Gasteiger partial charge in [0, 0.05) is 42.5 Å². The number of likely N-dealkylation sites (N-methyl/N-ethyl adjacent to an activating group) is 1. The second kappa shape index (κ2) is 16.2. The number of amides is 4. The Morgan fingerprint density at radius 3 is 2.36 bits per heavy atom. The van der Waals surface area contributed by atoms with Crippen LogP contribution >= 0.6 is 0 Å². The van der Waals surface area contributed by atoms with Crippen LogP contribution in [0.25, 0.3) is 0 Å². The molecule has 6 N–H and O–H groups in total. The summed E-state index contributed by atoms with van der Waals surface area (Å²) >= 11 is 0. The highest BCUT2D eigenvalue weighted by molar-refractivity contribution is 6.06. The van der Waals surface area contributed by atoms with E-state index in [9.17, 15) is 19.5 Å². The van der Waals surface area contributed by atoms with Crippen molar-refractivity contribution < 1.29 is 29.0 Å². The maximum atomic E-state index is 13.8. The van der Waals surface area contributed by atoms with E-state index in [0.29, 0.717) is 65.0 Å². The number of carbonyl (C=O) groups is 3. The van der Waals surface area contributed by atoms with Gasteiger partial charge in [-0.25, -0.2) is 4.79 Å². The Morgan fingerprint density at radius 2 is 1.68 bits per heavy atom. The second-order valence-corrected chi connectivity index (χ2v) is 12.6. The van der Waals surface area contributed by atoms with Gasteiger partial charge in [0.25, 0.3) is 11.8 Å². The Bertz CT molecular complexity index is 1800. The lowest BCUT2D eigenvalue weighted by Gasteiger charge is -2.38. The average Bonchev–Trinajstić information content (AvgIpc) is 3.11. The molecule has 1 aliphatic rings. The highest BCUT2D eigenvalue weighted by atomic mass is 16.5. The van der Waals surface area contributed by atoms with Crippen molar-refractivity contribution in [3.05, 3.63) is 108 Å². The number of hydrogen-bond donors (Lipinski definition) is 5. The van der Waals surface area contributed by atoms with Crippen LogP contribution in [-0.4, -0.2) is 78.8 Å². The maximum absolute atomic E-state index is 13.8. The summed E-state index contributed by atoms with van der Waals surface area (Å²) < 4.78 is 11.7. The van der Waals surface area contributed by atoms with Crippen LogP contribution in [0.5, 0.6) is 11.5 Å². The average molecular weight is 681 g/mol. The van der Waals surface area contributed by atoms with Crippen LogP contribution < -0.4 is 31.2 Å². The number of aliphatic hydroxyl groups excluding tert-OH is 1. The van der Waals surface area contributed by atoms with Crippen LogP contribution in [0.4, 0.5) is 27.5 Å². The molecule has 0 saturated carbocycles. The number of nitrogens with two attached hydrogens (primary N) is 1. The molecule has 12 nitrogen and oxygen atoms in total. The van der Waals surface area contributed by atoms with Gasteiger partial charge < -0.3 is 41.2 Å². The molecule has 0 spiro atoms. The van der Waals surface area contributed by atoms with Gasteiger partial charge >= 0.3 is 6.03 Å². The van der Waals surface area contributed by atoms with Crippen molar-refractivity contribution in [2.45, 2.75) is 32.5 Å². The van der Waals surface area contributed by atoms with Crippen molar-refractivity contribution in [3.63, 3.8) is 0 Å². The third-order valence-corrected chi connectivity index (χ3v) is 8.64. The van der Waals surface area contributed by atoms with E-state index in [1.165, 1.54) is 0 Å². The number of aliphatic hydroxyl groups is 1. The van der Waals surface area contributed by atoms with Crippen LogP contribution in [0.1, 0.15) is 40.1 Å². The van der Waals surface area contributed by atoms with Gasteiger partial charge in [0.2, 0.25) is 0 Å². The first-order chi connectivity index (χ1) is 24.0. The van der Waals surface area contributed by atoms with E-state index >= 15 is 0 Å². The normalized spacial score (nSPS) is 16.4. The number of nitrogens with zero attached hydrogens (tertiary/aromatic N) is 2. The Labute approximate surface area is 292 Å². The van der Waals surface area contributed by atoms with E-state index in [-0.39, 0.29) is 30.4 Å². The number of rotatable bonds is 11. The highest BCUT2D eigenvalue weighted by Crippen LogP contribution is 2.31. The lowest BCUT2D eigenvalue weighted by molar-refractivity contribution is 0.0341. The third kappa shape index (κ3) is 8.90. The molecule has 1 aliphatic heterocycles. The van der Waals surface area contributed by atoms with Gasteiger partial charge in [-0.2, -0.15) is 0 Å². The van der Waals surface area contributed by atoms with Crippen molar-refractivity contribution >= 4 is 40.6 Å². The summed E-state index contributed by atoms with van der Waals surface area (Å²) in [5, 5.41) is 18.4. The summed E-state index contributed by atoms with van der Waals surface area (Å²) in [6.45, 7) is 5.12. The first-order valence-corrected chi connectivity index (χ1v) is 16.4. The van der Waals surface area contributed by atoms with Crippen LogP contribution in [0, 0.1) is 5.92 Å². The smallest absolute Gasteiger partial charge is 0.323 e. The molecule has 0 radical (unpaired) electrons. The van der Waals surface area contributed by atoms with Gasteiger partial charge in [-0.1, -0.05) is 31.2 Å². The molecule has 12 heteroatoms. The molecule has 0 unspecified atom stereocenters. The lowest BCUT2D eigenvalue weighted by atomic mass is 9.99. The molecule has 4 aromatic carbocycles. The maximum Gasteiger partial charge on any atom is 0.323 e. The molecule has 0 fully saturated rings. The number of nitrogen functional groups attached to an aromatic ring is 1. The van der Waals surface area contributed by atoms with Gasteiger partial charge in [-0.15, -0.1) is 0 Å². The summed E-state index contributed by atoms with van der Waals surface area (Å²) in [6, 6.07) is 25.5. The Morgan fingerprint density at radius 1 is 1.00 bits per heavy atom. The van der Waals surface area contributed by atoms with Gasteiger partial charge in [-0.3, -0.25) is 14.5 Å². The van der Waals surface area contributed by atoms with Crippen LogP contribution in [-0.2, 0) is 6.54 Å². The van der Waals surface area contributed by atoms with Crippen molar-refractivity contribution in [2.24, 2.45) is 5.92 Å². The van der Waals surface area contributed by atoms with Gasteiger partial charge in [0.05, 0.1) is 36.7 Å². The molecule has 1 heterocycles. The number of para-hydroxylation sites is 2. The van der Waals surface area contributed by atoms with E-state index in [0.717, 1.165) is 5.56 Å². The molecule has 50 heavy (non-hydrogen) atoms. The fraction of sp³-hybridized carbons (Fsp3) is 0.289. The van der Waals surface area contributed by atoms with Gasteiger partial charge in [0.15, 0.2) is 0 Å². The van der Waals surface area contributed by atoms with Crippen molar-refractivity contribution in [2.75, 3.05) is 55.5 Å². The number of fused-ring (bicyclic) bond motifs is 1. The SMILES string of the molecule is COc1ccc(NC(=O)Nc2ccc3c(c2)C(=O)N([C@H](C)CO)C[C@@H](C)[C@@H](CN(C)Cc2ccc(C(=O)Nc4ccccc4N)cc2)O3)cc1. The van der Waals surface area contributed by atoms with E-state index in [1.54, 1.807) is 85.7 Å². The van der Waals surface area contributed by atoms with Crippen LogP contribution in [0.3, 0.4) is 0 Å². The fourth-order valence-corrected chi connectivity index (χ4v) is 5.74. The van der Waals surface area contributed by atoms with Crippen LogP contribution in [0.15, 0.2) is 91.0 Å². The molecule has 0 aromatic heterocycles. The van der Waals surface area contributed by atoms with Crippen molar-refractivity contribution in [1.82, 2.24) is 9.80 Å². The zero-order valence-electron chi connectivity index (χ0n) is 28.7. The number of hydrogen-bond acceptors (Lipinski definition) is 8. The van der Waals surface area contributed by atoms with Crippen LogP contribution in [0.2, 0.25) is 0 Å². The standard InChI is InChI=1S/C38H44N6O6/c1-24-20-44(25(2)23-45)37(47)31-19-29(41-38(48)40-28-13-16-30(49-4)17-14-28)15-18-34(31)50-35(24)22-43(3)21-26-9-11-27(12-10-26)36(46)42-33-8-6-5-7-32(33)39/h5-19,24-25,35,45H,20-23,39H2,1-4H3,(H,42,46)(H2,40,41,48)/t24-,25-,35-/m1/s1. The monoisotopic (exact) mass is 680 g/mol. The highest BCUT2D eigenvalue weighted by Gasteiger charge is 2.33. The summed E-state index contributed by atoms with van der Waals surface area (Å²) in [4.78, 5) is 43.2. The molecular formula is C38H44N6O6. The summed E-state index contributed by atoms with van der Waals surface area (Å²) in [5.74, 6) is 0.449. The first-order valence-electron chi connectivity index (χ1n) is 16.4. The van der Waals surface area contributed by atoms with E-state index in [4.69, 9.17) is 15.2 Å². The number of benzene rings is 4. The molecule has 4 aromatic rings. The topological polar surface area (TPSA) is 158 Å². The summed E-state index contributed by atoms with van der Waals surface area (Å²) in [5.41, 5.74) is 9.83. The summed E-state index contributed by atoms with van der Waals surface area (Å²) in [7, 11) is 3.56. The third-order valence-electron chi connectivity index (χ3n) is 8.64. The fourth-order valence-electron chi connectivity index (χ4n) is 5.74. The predicted octanol–water partition coefficient (Wildman–Crippen LogP) is 5.53. The molecule has 262 valence electrons. The Hall–Kier alpha value is -5.59. The Balaban J connectivity index is 1.27. The Kier molecular flexibility index (Phi) is 11.6. The van der Waals surface area contributed by atoms with Gasteiger partial charge in [0.1, 0.15) is 17.6 Å². The number of methoxy groups -OCH3 is 1. The van der Waals surface area contributed by atoms with Gasteiger partial charge in [-0.05, 0) is 86.3 Å². The number of urea groups is 1. The zero-order valence-corrected chi connectivity index (χ0v) is 28.7. The number of ether oxygens (including phenoxy) is 2. The van der Waals surface area contributed by atoms with E-state index < -0.39 is 12.1 Å². The van der Waals surface area contributed by atoms with Crippen molar-refractivity contribution in [1.29, 1.82) is 0 Å².